The Morgan fingerprint density at radius 1 is 1.10 bits per heavy atom. The third kappa shape index (κ3) is 2.76. The number of carbonyl (C=O) groups excluding carboxylic acids is 1. The molecule has 0 atom stereocenters. The molecule has 21 heavy (non-hydrogen) atoms. The number of benzene rings is 2. The Kier molecular flexibility index (Phi) is 3.39. The number of anilines is 1. The zero-order valence-electron chi connectivity index (χ0n) is 11.0. The van der Waals surface area contributed by atoms with Crippen LogP contribution in [0.25, 0.3) is 10.9 Å². The molecular weight excluding hydrogens is 274 g/mol. The third-order valence-electron chi connectivity index (χ3n) is 3.20. The van der Waals surface area contributed by atoms with Crippen LogP contribution < -0.4 is 5.32 Å². The van der Waals surface area contributed by atoms with Gasteiger partial charge in [0.05, 0.1) is 5.69 Å². The van der Waals surface area contributed by atoms with E-state index in [0.29, 0.717) is 0 Å². The number of para-hydroxylation sites is 1. The summed E-state index contributed by atoms with van der Waals surface area (Å²) in [6.45, 7) is 0.0599. The number of nitrogens with one attached hydrogen (secondary N) is 1. The highest BCUT2D eigenvalue weighted by molar-refractivity contribution is 5.92. The molecule has 0 saturated carbocycles. The first-order valence-electron chi connectivity index (χ1n) is 6.42. The van der Waals surface area contributed by atoms with Crippen molar-refractivity contribution in [2.24, 2.45) is 0 Å². The fourth-order valence-corrected chi connectivity index (χ4v) is 2.21. The van der Waals surface area contributed by atoms with E-state index in [9.17, 15) is 13.6 Å². The van der Waals surface area contributed by atoms with Gasteiger partial charge in [0.1, 0.15) is 18.2 Å². The van der Waals surface area contributed by atoms with Gasteiger partial charge in [-0.2, -0.15) is 0 Å². The second-order valence-corrected chi connectivity index (χ2v) is 4.67. The quantitative estimate of drug-likeness (QED) is 0.785. The third-order valence-corrected chi connectivity index (χ3v) is 3.20. The molecular formula is C16H12F2N2O. The van der Waals surface area contributed by atoms with E-state index in [1.54, 1.807) is 10.8 Å². The second-order valence-electron chi connectivity index (χ2n) is 4.67. The van der Waals surface area contributed by atoms with Crippen molar-refractivity contribution in [3.63, 3.8) is 0 Å². The lowest BCUT2D eigenvalue weighted by atomic mass is 10.2. The summed E-state index contributed by atoms with van der Waals surface area (Å²) in [5, 5.41) is 3.47. The minimum Gasteiger partial charge on any atom is -0.338 e. The molecule has 3 nitrogen and oxygen atoms in total. The fourth-order valence-electron chi connectivity index (χ4n) is 2.21. The summed E-state index contributed by atoms with van der Waals surface area (Å²) in [5.41, 5.74) is 0.894. The van der Waals surface area contributed by atoms with Gasteiger partial charge in [-0.3, -0.25) is 4.79 Å². The molecule has 1 aromatic heterocycles. The van der Waals surface area contributed by atoms with E-state index in [4.69, 9.17) is 0 Å². The highest BCUT2D eigenvalue weighted by Gasteiger charge is 2.09. The monoisotopic (exact) mass is 286 g/mol. The molecule has 0 fully saturated rings. The van der Waals surface area contributed by atoms with E-state index in [0.717, 1.165) is 23.0 Å². The van der Waals surface area contributed by atoms with Gasteiger partial charge in [-0.1, -0.05) is 18.2 Å². The van der Waals surface area contributed by atoms with Gasteiger partial charge >= 0.3 is 0 Å². The number of hydrogen-bond donors (Lipinski definition) is 1. The summed E-state index contributed by atoms with van der Waals surface area (Å²) in [4.78, 5) is 12.0. The molecule has 0 radical (unpaired) electrons. The van der Waals surface area contributed by atoms with Crippen molar-refractivity contribution in [3.8, 4) is 0 Å². The van der Waals surface area contributed by atoms with Crippen LogP contribution >= 0.6 is 0 Å². The number of nitrogens with zero attached hydrogens (tertiary/aromatic N) is 1. The van der Waals surface area contributed by atoms with Crippen LogP contribution in [0.1, 0.15) is 0 Å². The molecule has 0 aliphatic carbocycles. The van der Waals surface area contributed by atoms with Crippen molar-refractivity contribution >= 4 is 22.5 Å². The first kappa shape index (κ1) is 13.3. The Morgan fingerprint density at radius 2 is 1.90 bits per heavy atom. The molecule has 3 aromatic rings. The smallest absolute Gasteiger partial charge is 0.244 e. The van der Waals surface area contributed by atoms with E-state index in [-0.39, 0.29) is 18.1 Å². The summed E-state index contributed by atoms with van der Waals surface area (Å²) in [6, 6.07) is 12.6. The van der Waals surface area contributed by atoms with E-state index in [1.165, 1.54) is 6.07 Å². The topological polar surface area (TPSA) is 34.0 Å². The maximum Gasteiger partial charge on any atom is 0.244 e. The van der Waals surface area contributed by atoms with E-state index in [2.05, 4.69) is 5.32 Å². The van der Waals surface area contributed by atoms with Crippen LogP contribution in [0.4, 0.5) is 14.5 Å². The molecule has 106 valence electrons. The summed E-state index contributed by atoms with van der Waals surface area (Å²) in [7, 11) is 0. The maximum atomic E-state index is 13.5. The average molecular weight is 286 g/mol. The first-order valence-corrected chi connectivity index (χ1v) is 6.42. The molecule has 1 heterocycles. The summed E-state index contributed by atoms with van der Waals surface area (Å²) in [6.07, 6.45) is 1.80. The van der Waals surface area contributed by atoms with Crippen molar-refractivity contribution < 1.29 is 13.6 Å². The van der Waals surface area contributed by atoms with E-state index in [1.807, 2.05) is 30.3 Å². The molecule has 1 N–H and O–H groups in total. The number of halogens is 2. The lowest BCUT2D eigenvalue weighted by Gasteiger charge is -2.08. The summed E-state index contributed by atoms with van der Waals surface area (Å²) >= 11 is 0. The highest BCUT2D eigenvalue weighted by Crippen LogP contribution is 2.17. The minimum atomic E-state index is -0.791. The first-order chi connectivity index (χ1) is 10.1. The molecule has 1 amide bonds. The van der Waals surface area contributed by atoms with E-state index >= 15 is 0 Å². The van der Waals surface area contributed by atoms with Gasteiger partial charge in [0.15, 0.2) is 0 Å². The van der Waals surface area contributed by atoms with Gasteiger partial charge in [-0.25, -0.2) is 8.78 Å². The summed E-state index contributed by atoms with van der Waals surface area (Å²) < 4.78 is 28.1. The van der Waals surface area contributed by atoms with E-state index < -0.39 is 11.6 Å². The highest BCUT2D eigenvalue weighted by atomic mass is 19.1. The van der Waals surface area contributed by atoms with Gasteiger partial charge in [-0.05, 0) is 29.7 Å². The van der Waals surface area contributed by atoms with Gasteiger partial charge in [0.2, 0.25) is 5.91 Å². The number of carbonyl (C=O) groups is 1. The predicted octanol–water partition coefficient (Wildman–Crippen LogP) is 3.56. The SMILES string of the molecule is O=C(Cn1ccc2ccccc21)Nc1ccc(F)cc1F. The van der Waals surface area contributed by atoms with Gasteiger partial charge in [-0.15, -0.1) is 0 Å². The lowest BCUT2D eigenvalue weighted by molar-refractivity contribution is -0.116. The Morgan fingerprint density at radius 3 is 2.71 bits per heavy atom. The van der Waals surface area contributed by atoms with Gasteiger partial charge in [0.25, 0.3) is 0 Å². The zero-order chi connectivity index (χ0) is 14.8. The van der Waals surface area contributed by atoms with Crippen LogP contribution in [0.2, 0.25) is 0 Å². The maximum absolute atomic E-state index is 13.5. The molecule has 0 saturated heterocycles. The number of hydrogen-bond acceptors (Lipinski definition) is 1. The second kappa shape index (κ2) is 5.36. The molecule has 5 heteroatoms. The van der Waals surface area contributed by atoms with Crippen LogP contribution in [0.3, 0.4) is 0 Å². The Labute approximate surface area is 119 Å². The number of amides is 1. The molecule has 0 unspecified atom stereocenters. The average Bonchev–Trinajstić information content (AvgIpc) is 2.85. The lowest BCUT2D eigenvalue weighted by Crippen LogP contribution is -2.18. The van der Waals surface area contributed by atoms with Crippen molar-refractivity contribution in [3.05, 3.63) is 66.4 Å². The van der Waals surface area contributed by atoms with Gasteiger partial charge in [0, 0.05) is 17.8 Å². The molecule has 3 rings (SSSR count). The van der Waals surface area contributed by atoms with Crippen molar-refractivity contribution in [1.29, 1.82) is 0 Å². The van der Waals surface area contributed by atoms with Gasteiger partial charge < -0.3 is 9.88 Å². The number of fused-ring (bicyclic) bond motifs is 1. The summed E-state index contributed by atoms with van der Waals surface area (Å²) in [5.74, 6) is -1.84. The van der Waals surface area contributed by atoms with Crippen LogP contribution in [0, 0.1) is 11.6 Å². The molecule has 2 aromatic carbocycles. The van der Waals surface area contributed by atoms with Crippen molar-refractivity contribution in [2.45, 2.75) is 6.54 Å². The molecule has 0 aliphatic rings. The minimum absolute atomic E-state index is 0.0298. The van der Waals surface area contributed by atoms with Crippen LogP contribution in [0.15, 0.2) is 54.7 Å². The Bertz CT molecular complexity index is 811. The molecule has 0 bridgehead atoms. The Hall–Kier alpha value is -2.69. The van der Waals surface area contributed by atoms with Crippen LogP contribution in [-0.4, -0.2) is 10.5 Å². The van der Waals surface area contributed by atoms with Crippen LogP contribution in [-0.2, 0) is 11.3 Å². The van der Waals surface area contributed by atoms with Crippen LogP contribution in [0.5, 0.6) is 0 Å². The zero-order valence-corrected chi connectivity index (χ0v) is 11.0. The standard InChI is InChI=1S/C16H12F2N2O/c17-12-5-6-14(13(18)9-12)19-16(21)10-20-8-7-11-3-1-2-4-15(11)20/h1-9H,10H2,(H,19,21). The molecule has 0 aliphatic heterocycles. The predicted molar refractivity (Wildman–Crippen MR) is 76.9 cm³/mol. The fraction of sp³-hybridized carbons (Fsp3) is 0.0625. The normalized spacial score (nSPS) is 10.8. The van der Waals surface area contributed by atoms with Crippen molar-refractivity contribution in [2.75, 3.05) is 5.32 Å². The largest absolute Gasteiger partial charge is 0.338 e. The van der Waals surface area contributed by atoms with Crippen molar-refractivity contribution in [1.82, 2.24) is 4.57 Å². The number of rotatable bonds is 3. The molecule has 0 spiro atoms. The Balaban J connectivity index is 1.77. The number of aromatic nitrogens is 1.